The summed E-state index contributed by atoms with van der Waals surface area (Å²) in [6, 6.07) is 18.2. The Bertz CT molecular complexity index is 538. The molecule has 0 amide bonds. The number of thiocarbonyl (C=S) groups is 1. The Kier molecular flexibility index (Phi) is 4.28. The zero-order valence-electron chi connectivity index (χ0n) is 10.0. The SMILES string of the molecule is CNC(=S)P(=S)(c1ccccc1)c1ccccc1. The van der Waals surface area contributed by atoms with Crippen LogP contribution in [0.15, 0.2) is 60.7 Å². The maximum absolute atomic E-state index is 5.96. The summed E-state index contributed by atoms with van der Waals surface area (Å²) in [6.45, 7) is 0. The first-order valence-corrected chi connectivity index (χ1v) is 8.84. The molecule has 18 heavy (non-hydrogen) atoms. The highest BCUT2D eigenvalue weighted by Crippen LogP contribution is 2.44. The molecule has 0 atom stereocenters. The van der Waals surface area contributed by atoms with E-state index in [-0.39, 0.29) is 0 Å². The predicted molar refractivity (Wildman–Crippen MR) is 88.1 cm³/mol. The van der Waals surface area contributed by atoms with Gasteiger partial charge in [0, 0.05) is 7.05 Å². The molecular weight excluding hydrogens is 277 g/mol. The van der Waals surface area contributed by atoms with Crippen molar-refractivity contribution in [3.63, 3.8) is 0 Å². The average molecular weight is 291 g/mol. The lowest BCUT2D eigenvalue weighted by atomic mass is 10.4. The van der Waals surface area contributed by atoms with Crippen LogP contribution in [0.25, 0.3) is 0 Å². The second kappa shape index (κ2) is 5.75. The van der Waals surface area contributed by atoms with Crippen molar-refractivity contribution in [2.75, 3.05) is 7.05 Å². The molecule has 1 N–H and O–H groups in total. The van der Waals surface area contributed by atoms with E-state index in [4.69, 9.17) is 24.0 Å². The van der Waals surface area contributed by atoms with Crippen LogP contribution in [0.3, 0.4) is 0 Å². The van der Waals surface area contributed by atoms with E-state index in [0.717, 1.165) is 15.3 Å². The summed E-state index contributed by atoms with van der Waals surface area (Å²) in [4.78, 5) is 0. The van der Waals surface area contributed by atoms with Gasteiger partial charge >= 0.3 is 0 Å². The van der Waals surface area contributed by atoms with Gasteiger partial charge in [0.25, 0.3) is 0 Å². The lowest BCUT2D eigenvalue weighted by Crippen LogP contribution is -2.28. The van der Waals surface area contributed by atoms with E-state index in [1.807, 2.05) is 43.4 Å². The number of rotatable bonds is 3. The predicted octanol–water partition coefficient (Wildman–Crippen LogP) is 2.62. The molecule has 0 fully saturated rings. The van der Waals surface area contributed by atoms with Gasteiger partial charge in [-0.1, -0.05) is 84.7 Å². The van der Waals surface area contributed by atoms with Crippen molar-refractivity contribution in [3.05, 3.63) is 60.7 Å². The maximum Gasteiger partial charge on any atom is 0.117 e. The van der Waals surface area contributed by atoms with Crippen molar-refractivity contribution in [2.24, 2.45) is 0 Å². The number of benzene rings is 2. The first kappa shape index (κ1) is 13.4. The fourth-order valence-corrected chi connectivity index (χ4v) is 5.72. The summed E-state index contributed by atoms with van der Waals surface area (Å²) in [5, 5.41) is 5.34. The minimum Gasteiger partial charge on any atom is -0.378 e. The first-order valence-electron chi connectivity index (χ1n) is 5.63. The van der Waals surface area contributed by atoms with Crippen LogP contribution >= 0.6 is 18.3 Å². The molecule has 2 aromatic carbocycles. The Balaban J connectivity index is 2.63. The van der Waals surface area contributed by atoms with Crippen molar-refractivity contribution in [2.45, 2.75) is 0 Å². The summed E-state index contributed by atoms with van der Waals surface area (Å²) in [5.74, 6) is 0. The van der Waals surface area contributed by atoms with Gasteiger partial charge in [0.1, 0.15) is 4.73 Å². The molecule has 0 bridgehead atoms. The van der Waals surface area contributed by atoms with Gasteiger partial charge < -0.3 is 5.32 Å². The van der Waals surface area contributed by atoms with Crippen LogP contribution < -0.4 is 15.9 Å². The van der Waals surface area contributed by atoms with E-state index in [9.17, 15) is 0 Å². The van der Waals surface area contributed by atoms with Gasteiger partial charge in [0.05, 0.1) is 6.04 Å². The molecule has 0 spiro atoms. The Hall–Kier alpha value is -1.02. The molecule has 0 unspecified atom stereocenters. The average Bonchev–Trinajstić information content (AvgIpc) is 2.47. The lowest BCUT2D eigenvalue weighted by Gasteiger charge is -2.23. The molecule has 0 saturated carbocycles. The second-order valence-electron chi connectivity index (χ2n) is 3.84. The van der Waals surface area contributed by atoms with Crippen LogP contribution in [0, 0.1) is 0 Å². The summed E-state index contributed by atoms with van der Waals surface area (Å²) < 4.78 is 0.759. The molecule has 0 aliphatic rings. The largest absolute Gasteiger partial charge is 0.378 e. The fraction of sp³-hybridized carbons (Fsp3) is 0.0714. The first-order chi connectivity index (χ1) is 8.69. The molecule has 4 heteroatoms. The van der Waals surface area contributed by atoms with Gasteiger partial charge in [0.2, 0.25) is 0 Å². The topological polar surface area (TPSA) is 12.0 Å². The van der Waals surface area contributed by atoms with Crippen LogP contribution in [0.1, 0.15) is 0 Å². The molecule has 0 aliphatic carbocycles. The van der Waals surface area contributed by atoms with E-state index in [1.165, 1.54) is 0 Å². The van der Waals surface area contributed by atoms with Crippen LogP contribution in [0.4, 0.5) is 0 Å². The van der Waals surface area contributed by atoms with E-state index < -0.39 is 6.04 Å². The Morgan fingerprint density at radius 1 is 0.889 bits per heavy atom. The van der Waals surface area contributed by atoms with Gasteiger partial charge in [-0.2, -0.15) is 0 Å². The number of hydrogen-bond acceptors (Lipinski definition) is 2. The number of nitrogens with one attached hydrogen (secondary N) is 1. The third-order valence-electron chi connectivity index (χ3n) is 2.74. The zero-order chi connectivity index (χ0) is 13.0. The van der Waals surface area contributed by atoms with Gasteiger partial charge in [0.15, 0.2) is 0 Å². The van der Waals surface area contributed by atoms with Crippen molar-refractivity contribution in [3.8, 4) is 0 Å². The smallest absolute Gasteiger partial charge is 0.117 e. The van der Waals surface area contributed by atoms with Crippen molar-refractivity contribution in [1.82, 2.24) is 5.32 Å². The van der Waals surface area contributed by atoms with Crippen LogP contribution in [0.2, 0.25) is 0 Å². The second-order valence-corrected chi connectivity index (χ2v) is 8.89. The highest BCUT2D eigenvalue weighted by molar-refractivity contribution is 8.34. The van der Waals surface area contributed by atoms with Gasteiger partial charge in [-0.15, -0.1) is 0 Å². The van der Waals surface area contributed by atoms with E-state index in [0.29, 0.717) is 0 Å². The standard InChI is InChI=1S/C14H14NPS2/c1-15-14(17)16(18,12-8-4-2-5-9-12)13-10-6-3-7-11-13/h2-11H,1H3,(H,15,17). The molecule has 1 nitrogen and oxygen atoms in total. The van der Waals surface area contributed by atoms with Crippen molar-refractivity contribution < 1.29 is 0 Å². The molecule has 0 aromatic heterocycles. The maximum atomic E-state index is 5.96. The normalized spacial score (nSPS) is 10.9. The quantitative estimate of drug-likeness (QED) is 0.690. The summed E-state index contributed by atoms with van der Waals surface area (Å²) >= 11 is 11.5. The summed E-state index contributed by atoms with van der Waals surface area (Å²) in [6.07, 6.45) is 0. The highest BCUT2D eigenvalue weighted by atomic mass is 32.4. The minimum absolute atomic E-state index is 0.759. The van der Waals surface area contributed by atoms with Crippen LogP contribution in [-0.4, -0.2) is 11.8 Å². The monoisotopic (exact) mass is 291 g/mol. The minimum atomic E-state index is -2.06. The highest BCUT2D eigenvalue weighted by Gasteiger charge is 2.26. The van der Waals surface area contributed by atoms with E-state index in [2.05, 4.69) is 29.6 Å². The molecule has 92 valence electrons. The molecule has 0 heterocycles. The third-order valence-corrected chi connectivity index (χ3v) is 8.77. The third kappa shape index (κ3) is 2.39. The van der Waals surface area contributed by atoms with E-state index >= 15 is 0 Å². The lowest BCUT2D eigenvalue weighted by molar-refractivity contribution is 1.23. The Morgan fingerprint density at radius 2 is 1.28 bits per heavy atom. The van der Waals surface area contributed by atoms with E-state index in [1.54, 1.807) is 0 Å². The molecule has 0 saturated heterocycles. The zero-order valence-corrected chi connectivity index (χ0v) is 12.6. The molecule has 2 rings (SSSR count). The van der Waals surface area contributed by atoms with Crippen LogP contribution in [0.5, 0.6) is 0 Å². The molecular formula is C14H14NPS2. The van der Waals surface area contributed by atoms with Crippen LogP contribution in [-0.2, 0) is 11.8 Å². The molecule has 0 radical (unpaired) electrons. The summed E-state index contributed by atoms with van der Waals surface area (Å²) in [7, 11) is 1.84. The fourth-order valence-electron chi connectivity index (χ4n) is 1.82. The van der Waals surface area contributed by atoms with Gasteiger partial charge in [-0.3, -0.25) is 0 Å². The Labute approximate surface area is 118 Å². The van der Waals surface area contributed by atoms with Crippen molar-refractivity contribution in [1.29, 1.82) is 0 Å². The van der Waals surface area contributed by atoms with Crippen molar-refractivity contribution >= 4 is 45.4 Å². The summed E-state index contributed by atoms with van der Waals surface area (Å²) in [5.41, 5.74) is 0. The molecule has 2 aromatic rings. The van der Waals surface area contributed by atoms with Gasteiger partial charge in [-0.25, -0.2) is 0 Å². The number of hydrogen-bond donors (Lipinski definition) is 1. The van der Waals surface area contributed by atoms with Gasteiger partial charge in [-0.05, 0) is 10.6 Å². The Morgan fingerprint density at radius 3 is 1.61 bits per heavy atom. The molecule has 0 aliphatic heterocycles.